The molecule has 6 heteroatoms. The lowest BCUT2D eigenvalue weighted by atomic mass is 10.0. The second-order valence-corrected chi connectivity index (χ2v) is 7.01. The molecule has 0 bridgehead atoms. The summed E-state index contributed by atoms with van der Waals surface area (Å²) in [6, 6.07) is 9.93. The number of hydrogen-bond acceptors (Lipinski definition) is 3. The fraction of sp³-hybridized carbons (Fsp3) is 0.450. The van der Waals surface area contributed by atoms with Gasteiger partial charge >= 0.3 is 0 Å². The quantitative estimate of drug-likeness (QED) is 0.792. The molecule has 1 aromatic heterocycles. The largest absolute Gasteiger partial charge is 0.353 e. The van der Waals surface area contributed by atoms with Crippen molar-refractivity contribution in [1.29, 1.82) is 0 Å². The van der Waals surface area contributed by atoms with E-state index in [1.165, 1.54) is 12.1 Å². The summed E-state index contributed by atoms with van der Waals surface area (Å²) in [5.41, 5.74) is 0.830. The zero-order valence-corrected chi connectivity index (χ0v) is 15.5. The number of piperazine rings is 1. The molecule has 1 fully saturated rings. The molecule has 5 nitrogen and oxygen atoms in total. The monoisotopic (exact) mass is 358 g/mol. The zero-order chi connectivity index (χ0) is 18.5. The molecule has 0 spiro atoms. The van der Waals surface area contributed by atoms with Gasteiger partial charge in [-0.2, -0.15) is 0 Å². The molecular weight excluding hydrogens is 331 g/mol. The van der Waals surface area contributed by atoms with Crippen LogP contribution in [-0.4, -0.2) is 72.0 Å². The molecule has 140 valence electrons. The summed E-state index contributed by atoms with van der Waals surface area (Å²) in [5, 5.41) is 0. The minimum absolute atomic E-state index is 0.0895. The number of likely N-dealkylation sites (N-methyl/N-ethyl adjacent to an activating group) is 1. The van der Waals surface area contributed by atoms with Crippen LogP contribution >= 0.6 is 0 Å². The van der Waals surface area contributed by atoms with E-state index in [-0.39, 0.29) is 17.8 Å². The highest BCUT2D eigenvalue weighted by Crippen LogP contribution is 2.22. The maximum atomic E-state index is 13.2. The first-order chi connectivity index (χ1) is 12.5. The van der Waals surface area contributed by atoms with Gasteiger partial charge < -0.3 is 9.47 Å². The van der Waals surface area contributed by atoms with Crippen LogP contribution in [0.4, 0.5) is 4.39 Å². The highest BCUT2D eigenvalue weighted by atomic mass is 19.1. The Kier molecular flexibility index (Phi) is 6.06. The average molecular weight is 358 g/mol. The molecule has 0 N–H and O–H groups in total. The first kappa shape index (κ1) is 18.6. The predicted octanol–water partition coefficient (Wildman–Crippen LogP) is 2.07. The summed E-state index contributed by atoms with van der Waals surface area (Å²) in [5.74, 6) is -0.193. The summed E-state index contributed by atoms with van der Waals surface area (Å²) < 4.78 is 15.4. The Morgan fingerprint density at radius 2 is 1.65 bits per heavy atom. The number of halogens is 1. The van der Waals surface area contributed by atoms with Crippen molar-refractivity contribution in [3.05, 3.63) is 60.2 Å². The number of nitrogens with zero attached hydrogens (tertiary/aromatic N) is 4. The molecule has 1 aliphatic heterocycles. The van der Waals surface area contributed by atoms with Crippen molar-refractivity contribution >= 4 is 5.91 Å². The minimum atomic E-state index is -0.373. The van der Waals surface area contributed by atoms with Gasteiger partial charge in [-0.15, -0.1) is 0 Å². The van der Waals surface area contributed by atoms with E-state index >= 15 is 0 Å². The number of aromatic nitrogens is 1. The van der Waals surface area contributed by atoms with Gasteiger partial charge in [0.2, 0.25) is 5.91 Å². The van der Waals surface area contributed by atoms with Gasteiger partial charge in [-0.25, -0.2) is 4.39 Å². The van der Waals surface area contributed by atoms with Crippen LogP contribution in [0.15, 0.2) is 48.8 Å². The van der Waals surface area contributed by atoms with Gasteiger partial charge in [0.1, 0.15) is 11.9 Å². The third kappa shape index (κ3) is 4.51. The Labute approximate surface area is 154 Å². The van der Waals surface area contributed by atoms with Crippen LogP contribution in [0.2, 0.25) is 0 Å². The number of hydrogen-bond donors (Lipinski definition) is 0. The molecule has 2 heterocycles. The fourth-order valence-corrected chi connectivity index (χ4v) is 3.45. The van der Waals surface area contributed by atoms with Crippen LogP contribution in [0.3, 0.4) is 0 Å². The molecule has 1 atom stereocenters. The Morgan fingerprint density at radius 3 is 2.23 bits per heavy atom. The average Bonchev–Trinajstić information content (AvgIpc) is 3.15. The van der Waals surface area contributed by atoms with Gasteiger partial charge in [-0.05, 0) is 43.9 Å². The van der Waals surface area contributed by atoms with E-state index in [1.807, 2.05) is 36.0 Å². The minimum Gasteiger partial charge on any atom is -0.353 e. The number of carbonyl (C=O) groups excluding carboxylic acids is 1. The molecule has 0 radical (unpaired) electrons. The molecule has 1 aromatic carbocycles. The molecule has 0 aliphatic carbocycles. The van der Waals surface area contributed by atoms with Crippen LogP contribution in [-0.2, 0) is 11.3 Å². The molecular formula is C20H27FN4O. The first-order valence-corrected chi connectivity index (χ1v) is 9.08. The van der Waals surface area contributed by atoms with Crippen molar-refractivity contribution in [1.82, 2.24) is 19.3 Å². The number of amides is 1. The molecule has 1 amide bonds. The third-order valence-corrected chi connectivity index (χ3v) is 4.96. The van der Waals surface area contributed by atoms with E-state index in [0.717, 1.165) is 44.8 Å². The summed E-state index contributed by atoms with van der Waals surface area (Å²) in [6.45, 7) is 5.20. The maximum absolute atomic E-state index is 13.2. The Balaban J connectivity index is 1.56. The Bertz CT molecular complexity index is 691. The van der Waals surface area contributed by atoms with Crippen LogP contribution in [0.25, 0.3) is 0 Å². The van der Waals surface area contributed by atoms with Gasteiger partial charge in [0.15, 0.2) is 0 Å². The highest BCUT2D eigenvalue weighted by molar-refractivity contribution is 5.83. The van der Waals surface area contributed by atoms with Gasteiger partial charge in [0.25, 0.3) is 0 Å². The fourth-order valence-electron chi connectivity index (χ4n) is 3.45. The molecule has 2 aromatic rings. The lowest BCUT2D eigenvalue weighted by Crippen LogP contribution is -2.51. The second-order valence-electron chi connectivity index (χ2n) is 7.01. The zero-order valence-electron chi connectivity index (χ0n) is 15.5. The Hall–Kier alpha value is -2.18. The van der Waals surface area contributed by atoms with E-state index in [2.05, 4.69) is 21.9 Å². The van der Waals surface area contributed by atoms with Crippen LogP contribution in [0, 0.1) is 5.82 Å². The summed E-state index contributed by atoms with van der Waals surface area (Å²) in [6.07, 6.45) is 4.15. The van der Waals surface area contributed by atoms with Crippen molar-refractivity contribution < 1.29 is 9.18 Å². The van der Waals surface area contributed by atoms with Crippen LogP contribution in [0.1, 0.15) is 11.6 Å². The van der Waals surface area contributed by atoms with Crippen molar-refractivity contribution in [2.24, 2.45) is 0 Å². The van der Waals surface area contributed by atoms with Crippen LogP contribution < -0.4 is 0 Å². The van der Waals surface area contributed by atoms with E-state index < -0.39 is 0 Å². The van der Waals surface area contributed by atoms with E-state index in [4.69, 9.17) is 0 Å². The normalized spacial score (nSPS) is 16.8. The summed E-state index contributed by atoms with van der Waals surface area (Å²) in [7, 11) is 3.78. The highest BCUT2D eigenvalue weighted by Gasteiger charge is 2.30. The van der Waals surface area contributed by atoms with E-state index in [1.54, 1.807) is 12.1 Å². The van der Waals surface area contributed by atoms with Crippen molar-refractivity contribution in [2.75, 3.05) is 46.8 Å². The molecule has 1 unspecified atom stereocenters. The molecule has 1 saturated heterocycles. The number of carbonyl (C=O) groups is 1. The smallest absolute Gasteiger partial charge is 0.244 e. The maximum Gasteiger partial charge on any atom is 0.244 e. The SMILES string of the molecule is CN(C)C(C(=O)N1CCN(CCn2cccc2)CC1)c1ccc(F)cc1. The standard InChI is InChI=1S/C20H27FN4O/c1-22(2)19(17-5-7-18(21)8-6-17)20(26)25-15-13-24(14-16-25)12-11-23-9-3-4-10-23/h3-10,19H,11-16H2,1-2H3. The molecule has 0 saturated carbocycles. The van der Waals surface area contributed by atoms with Gasteiger partial charge in [0.05, 0.1) is 0 Å². The molecule has 26 heavy (non-hydrogen) atoms. The third-order valence-electron chi connectivity index (χ3n) is 4.96. The predicted molar refractivity (Wildman–Crippen MR) is 100 cm³/mol. The molecule has 1 aliphatic rings. The van der Waals surface area contributed by atoms with E-state index in [9.17, 15) is 9.18 Å². The number of rotatable bonds is 6. The summed E-state index contributed by atoms with van der Waals surface area (Å²) >= 11 is 0. The lowest BCUT2D eigenvalue weighted by Gasteiger charge is -2.37. The van der Waals surface area contributed by atoms with Gasteiger partial charge in [0, 0.05) is 51.7 Å². The van der Waals surface area contributed by atoms with Gasteiger partial charge in [-0.3, -0.25) is 14.6 Å². The van der Waals surface area contributed by atoms with Gasteiger partial charge in [-0.1, -0.05) is 12.1 Å². The Morgan fingerprint density at radius 1 is 1.04 bits per heavy atom. The molecule has 3 rings (SSSR count). The van der Waals surface area contributed by atoms with Crippen molar-refractivity contribution in [3.63, 3.8) is 0 Å². The summed E-state index contributed by atoms with van der Waals surface area (Å²) in [4.78, 5) is 19.3. The lowest BCUT2D eigenvalue weighted by molar-refractivity contribution is -0.138. The first-order valence-electron chi connectivity index (χ1n) is 9.08. The second kappa shape index (κ2) is 8.47. The van der Waals surface area contributed by atoms with Crippen molar-refractivity contribution in [2.45, 2.75) is 12.6 Å². The topological polar surface area (TPSA) is 31.7 Å². The number of benzene rings is 1. The van der Waals surface area contributed by atoms with Crippen LogP contribution in [0.5, 0.6) is 0 Å². The van der Waals surface area contributed by atoms with E-state index in [0.29, 0.717) is 0 Å². The van der Waals surface area contributed by atoms with Crippen molar-refractivity contribution in [3.8, 4) is 0 Å².